The van der Waals surface area contributed by atoms with Gasteiger partial charge < -0.3 is 10.6 Å². The minimum Gasteiger partial charge on any atom is -0.325 e. The number of carbonyl (C=O) groups is 1. The first-order valence-electron chi connectivity index (χ1n) is 6.66. The third kappa shape index (κ3) is 4.25. The Morgan fingerprint density at radius 3 is 2.35 bits per heavy atom. The van der Waals surface area contributed by atoms with Crippen LogP contribution in [-0.4, -0.2) is 42.5 Å². The lowest BCUT2D eigenvalue weighted by Gasteiger charge is -2.35. The first-order chi connectivity index (χ1) is 9.42. The molecule has 1 amide bonds. The van der Waals surface area contributed by atoms with Crippen molar-refractivity contribution in [2.45, 2.75) is 25.9 Å². The van der Waals surface area contributed by atoms with Crippen LogP contribution in [-0.2, 0) is 4.79 Å². The number of amides is 1. The van der Waals surface area contributed by atoms with E-state index in [1.807, 2.05) is 4.90 Å². The molecule has 4 nitrogen and oxygen atoms in total. The van der Waals surface area contributed by atoms with E-state index >= 15 is 0 Å². The van der Waals surface area contributed by atoms with E-state index < -0.39 is 11.6 Å². The highest BCUT2D eigenvalue weighted by molar-refractivity contribution is 5.92. The van der Waals surface area contributed by atoms with Crippen molar-refractivity contribution in [3.05, 3.63) is 29.8 Å². The zero-order valence-corrected chi connectivity index (χ0v) is 11.6. The molecule has 1 fully saturated rings. The molecule has 0 bridgehead atoms. The first kappa shape index (κ1) is 14.9. The summed E-state index contributed by atoms with van der Waals surface area (Å²) in [6.07, 6.45) is 0. The summed E-state index contributed by atoms with van der Waals surface area (Å²) in [6, 6.07) is 3.61. The van der Waals surface area contributed by atoms with Crippen molar-refractivity contribution >= 4 is 11.6 Å². The number of anilines is 1. The van der Waals surface area contributed by atoms with Crippen LogP contribution in [0.15, 0.2) is 18.2 Å². The molecule has 2 rings (SSSR count). The number of halogens is 2. The molecule has 2 unspecified atom stereocenters. The van der Waals surface area contributed by atoms with E-state index in [9.17, 15) is 13.6 Å². The smallest absolute Gasteiger partial charge is 0.238 e. The summed E-state index contributed by atoms with van der Waals surface area (Å²) in [7, 11) is 0. The summed E-state index contributed by atoms with van der Waals surface area (Å²) in [4.78, 5) is 13.9. The topological polar surface area (TPSA) is 44.4 Å². The van der Waals surface area contributed by atoms with Crippen LogP contribution in [0.1, 0.15) is 13.8 Å². The number of carbonyl (C=O) groups excluding carboxylic acids is 1. The van der Waals surface area contributed by atoms with E-state index in [0.717, 1.165) is 31.3 Å². The monoisotopic (exact) mass is 283 g/mol. The zero-order valence-electron chi connectivity index (χ0n) is 11.6. The van der Waals surface area contributed by atoms with Crippen LogP contribution in [0, 0.1) is 11.6 Å². The molecule has 110 valence electrons. The third-order valence-corrected chi connectivity index (χ3v) is 3.15. The Morgan fingerprint density at radius 2 is 1.80 bits per heavy atom. The molecule has 20 heavy (non-hydrogen) atoms. The Kier molecular flexibility index (Phi) is 4.67. The highest BCUT2D eigenvalue weighted by atomic mass is 19.1. The molecule has 1 aromatic carbocycles. The summed E-state index contributed by atoms with van der Waals surface area (Å²) in [6.45, 7) is 5.88. The number of nitrogens with zero attached hydrogens (tertiary/aromatic N) is 1. The molecular weight excluding hydrogens is 264 g/mol. The average molecular weight is 283 g/mol. The highest BCUT2D eigenvalue weighted by Gasteiger charge is 2.22. The largest absolute Gasteiger partial charge is 0.325 e. The first-order valence-corrected chi connectivity index (χ1v) is 6.66. The summed E-state index contributed by atoms with van der Waals surface area (Å²) in [5, 5.41) is 5.89. The molecule has 2 atom stereocenters. The highest BCUT2D eigenvalue weighted by Crippen LogP contribution is 2.13. The fourth-order valence-corrected chi connectivity index (χ4v) is 2.60. The van der Waals surface area contributed by atoms with Crippen LogP contribution in [0.3, 0.4) is 0 Å². The molecule has 2 N–H and O–H groups in total. The van der Waals surface area contributed by atoms with Gasteiger partial charge >= 0.3 is 0 Å². The van der Waals surface area contributed by atoms with Gasteiger partial charge in [-0.1, -0.05) is 0 Å². The van der Waals surface area contributed by atoms with Crippen LogP contribution < -0.4 is 10.6 Å². The molecule has 1 saturated heterocycles. The van der Waals surface area contributed by atoms with E-state index in [4.69, 9.17) is 0 Å². The van der Waals surface area contributed by atoms with Crippen molar-refractivity contribution in [2.75, 3.05) is 25.0 Å². The summed E-state index contributed by atoms with van der Waals surface area (Å²) >= 11 is 0. The normalized spacial score (nSPS) is 23.6. The van der Waals surface area contributed by atoms with E-state index in [-0.39, 0.29) is 18.1 Å². The van der Waals surface area contributed by atoms with Gasteiger partial charge in [0.2, 0.25) is 5.91 Å². The summed E-state index contributed by atoms with van der Waals surface area (Å²) in [5.74, 6) is -1.68. The molecular formula is C14H19F2N3O. The number of rotatable bonds is 3. The van der Waals surface area contributed by atoms with Crippen molar-refractivity contribution in [3.63, 3.8) is 0 Å². The standard InChI is InChI=1S/C14H19F2N3O/c1-9-6-19(7-10(2)17-9)8-14(20)18-13-4-11(15)3-12(16)5-13/h3-5,9-10,17H,6-8H2,1-2H3,(H,18,20). The van der Waals surface area contributed by atoms with Crippen molar-refractivity contribution < 1.29 is 13.6 Å². The fourth-order valence-electron chi connectivity index (χ4n) is 2.60. The molecule has 0 spiro atoms. The van der Waals surface area contributed by atoms with E-state index in [2.05, 4.69) is 24.5 Å². The van der Waals surface area contributed by atoms with Crippen molar-refractivity contribution in [1.82, 2.24) is 10.2 Å². The van der Waals surface area contributed by atoms with E-state index in [0.29, 0.717) is 12.1 Å². The van der Waals surface area contributed by atoms with Crippen molar-refractivity contribution in [3.8, 4) is 0 Å². The van der Waals surface area contributed by atoms with Gasteiger partial charge in [-0.15, -0.1) is 0 Å². The summed E-state index contributed by atoms with van der Waals surface area (Å²) in [5.41, 5.74) is 0.142. The number of piperazine rings is 1. The van der Waals surface area contributed by atoms with Gasteiger partial charge in [0, 0.05) is 36.9 Å². The van der Waals surface area contributed by atoms with Gasteiger partial charge in [0.05, 0.1) is 6.54 Å². The molecule has 0 radical (unpaired) electrons. The third-order valence-electron chi connectivity index (χ3n) is 3.15. The molecule has 6 heteroatoms. The second-order valence-corrected chi connectivity index (χ2v) is 5.37. The second-order valence-electron chi connectivity index (χ2n) is 5.37. The second kappa shape index (κ2) is 6.28. The molecule has 1 heterocycles. The zero-order chi connectivity index (χ0) is 14.7. The maximum Gasteiger partial charge on any atom is 0.238 e. The lowest BCUT2D eigenvalue weighted by atomic mass is 10.1. The number of benzene rings is 1. The SMILES string of the molecule is CC1CN(CC(=O)Nc2cc(F)cc(F)c2)CC(C)N1. The van der Waals surface area contributed by atoms with E-state index in [1.54, 1.807) is 0 Å². The van der Waals surface area contributed by atoms with Crippen LogP contribution in [0.2, 0.25) is 0 Å². The van der Waals surface area contributed by atoms with Gasteiger partial charge in [-0.05, 0) is 26.0 Å². The molecule has 0 saturated carbocycles. The minimum atomic E-state index is -0.704. The van der Waals surface area contributed by atoms with Crippen molar-refractivity contribution in [1.29, 1.82) is 0 Å². The van der Waals surface area contributed by atoms with Crippen LogP contribution in [0.5, 0.6) is 0 Å². The van der Waals surface area contributed by atoms with Gasteiger partial charge in [-0.3, -0.25) is 9.69 Å². The van der Waals surface area contributed by atoms with Gasteiger partial charge in [-0.25, -0.2) is 8.78 Å². The molecule has 1 aliphatic rings. The van der Waals surface area contributed by atoms with Gasteiger partial charge in [0.1, 0.15) is 11.6 Å². The maximum absolute atomic E-state index is 13.0. The Hall–Kier alpha value is -1.53. The van der Waals surface area contributed by atoms with Crippen molar-refractivity contribution in [2.24, 2.45) is 0 Å². The van der Waals surface area contributed by atoms with Crippen LogP contribution in [0.4, 0.5) is 14.5 Å². The lowest BCUT2D eigenvalue weighted by molar-refractivity contribution is -0.117. The number of hydrogen-bond acceptors (Lipinski definition) is 3. The van der Waals surface area contributed by atoms with Crippen LogP contribution >= 0.6 is 0 Å². The fraction of sp³-hybridized carbons (Fsp3) is 0.500. The number of nitrogens with one attached hydrogen (secondary N) is 2. The molecule has 0 aliphatic carbocycles. The Labute approximate surface area is 117 Å². The Balaban J connectivity index is 1.92. The lowest BCUT2D eigenvalue weighted by Crippen LogP contribution is -2.55. The Morgan fingerprint density at radius 1 is 1.25 bits per heavy atom. The van der Waals surface area contributed by atoms with Gasteiger partial charge in [0.25, 0.3) is 0 Å². The van der Waals surface area contributed by atoms with E-state index in [1.165, 1.54) is 0 Å². The van der Waals surface area contributed by atoms with Gasteiger partial charge in [0.15, 0.2) is 0 Å². The number of hydrogen-bond donors (Lipinski definition) is 2. The quantitative estimate of drug-likeness (QED) is 0.885. The Bertz CT molecular complexity index is 465. The van der Waals surface area contributed by atoms with Gasteiger partial charge in [-0.2, -0.15) is 0 Å². The minimum absolute atomic E-state index is 0.142. The molecule has 0 aromatic heterocycles. The summed E-state index contributed by atoms with van der Waals surface area (Å²) < 4.78 is 26.1. The maximum atomic E-state index is 13.0. The van der Waals surface area contributed by atoms with Crippen LogP contribution in [0.25, 0.3) is 0 Å². The predicted octanol–water partition coefficient (Wildman–Crippen LogP) is 1.59. The molecule has 1 aromatic rings. The average Bonchev–Trinajstić information content (AvgIpc) is 2.24. The predicted molar refractivity (Wildman–Crippen MR) is 73.5 cm³/mol. The molecule has 1 aliphatic heterocycles.